The minimum atomic E-state index is -1.38. The number of aromatic nitrogens is 3. The number of pyridine rings is 1. The third kappa shape index (κ3) is 7.53. The van der Waals surface area contributed by atoms with E-state index in [1.807, 2.05) is 79.7 Å². The summed E-state index contributed by atoms with van der Waals surface area (Å²) in [5, 5.41) is 5.40. The van der Waals surface area contributed by atoms with Crippen molar-refractivity contribution in [3.63, 3.8) is 0 Å². The third-order valence-electron chi connectivity index (χ3n) is 11.6. The van der Waals surface area contributed by atoms with Gasteiger partial charge in [-0.25, -0.2) is 4.39 Å². The van der Waals surface area contributed by atoms with Crippen LogP contribution in [0.3, 0.4) is 0 Å². The number of halogens is 1. The van der Waals surface area contributed by atoms with Gasteiger partial charge < -0.3 is 18.4 Å². The van der Waals surface area contributed by atoms with Crippen LogP contribution in [0.4, 0.5) is 4.39 Å². The first kappa shape index (κ1) is 41.1. The Morgan fingerprint density at radius 1 is 0.767 bits per heavy atom. The van der Waals surface area contributed by atoms with Crippen LogP contribution in [0.25, 0.3) is 83.2 Å². The molecule has 0 fully saturated rings. The second kappa shape index (κ2) is 16.4. The molecule has 0 bridgehead atoms. The van der Waals surface area contributed by atoms with Gasteiger partial charge in [0.25, 0.3) is 0 Å². The Kier molecular flexibility index (Phi) is 11.2. The van der Waals surface area contributed by atoms with E-state index >= 15 is 0 Å². The van der Waals surface area contributed by atoms with Gasteiger partial charge in [0.1, 0.15) is 17.0 Å². The number of hydrogen-bond donors (Lipinski definition) is 0. The van der Waals surface area contributed by atoms with Crippen LogP contribution in [0, 0.1) is 36.7 Å². The first-order valence-electron chi connectivity index (χ1n) is 20.3. The van der Waals surface area contributed by atoms with Crippen molar-refractivity contribution in [1.82, 2.24) is 14.5 Å². The smallest absolute Gasteiger partial charge is 0.158 e. The maximum Gasteiger partial charge on any atom is 0.158 e. The van der Waals surface area contributed by atoms with Gasteiger partial charge in [0, 0.05) is 48.5 Å². The zero-order chi connectivity index (χ0) is 41.0. The number of hydrogen-bond acceptors (Lipinski definition) is 4. The van der Waals surface area contributed by atoms with Crippen LogP contribution < -0.4 is 5.19 Å². The van der Waals surface area contributed by atoms with Crippen molar-refractivity contribution in [2.24, 2.45) is 11.8 Å². The minimum Gasteiger partial charge on any atom is -0.500 e. The summed E-state index contributed by atoms with van der Waals surface area (Å²) in [6.07, 6.45) is 3.27. The number of para-hydroxylation sites is 4. The van der Waals surface area contributed by atoms with Crippen molar-refractivity contribution in [3.05, 3.63) is 157 Å². The number of fused-ring (bicyclic) bond motifs is 7. The van der Waals surface area contributed by atoms with Crippen LogP contribution in [0.15, 0.2) is 136 Å². The van der Waals surface area contributed by atoms with Gasteiger partial charge in [0.2, 0.25) is 0 Å². The molecule has 0 spiro atoms. The van der Waals surface area contributed by atoms with Crippen molar-refractivity contribution in [2.45, 2.75) is 53.8 Å². The number of furan rings is 2. The molecule has 0 aliphatic rings. The fraction of sp³-hybridized carbons (Fsp3) is 0.192. The maximum absolute atomic E-state index is 14.1. The number of benzene rings is 6. The van der Waals surface area contributed by atoms with Gasteiger partial charge in [-0.1, -0.05) is 112 Å². The fourth-order valence-electron chi connectivity index (χ4n) is 8.09. The molecule has 4 heterocycles. The summed E-state index contributed by atoms with van der Waals surface area (Å²) in [4.78, 5) is 9.78. The quantitative estimate of drug-likeness (QED) is 0.118. The van der Waals surface area contributed by atoms with Crippen molar-refractivity contribution >= 4 is 68.2 Å². The van der Waals surface area contributed by atoms with Crippen molar-refractivity contribution in [2.75, 3.05) is 0 Å². The van der Waals surface area contributed by atoms with Gasteiger partial charge >= 0.3 is 0 Å². The van der Waals surface area contributed by atoms with Crippen LogP contribution >= 0.6 is 0 Å². The van der Waals surface area contributed by atoms with E-state index in [4.69, 9.17) is 18.8 Å². The molecule has 1 radical (unpaired) electrons. The molecule has 0 aliphatic carbocycles. The minimum absolute atomic E-state index is 0. The average molecular weight is 984 g/mol. The molecule has 10 rings (SSSR count). The predicted octanol–water partition coefficient (Wildman–Crippen LogP) is 13.7. The Bertz CT molecular complexity index is 3160. The zero-order valence-electron chi connectivity index (χ0n) is 34.9. The molecule has 6 aromatic carbocycles. The first-order chi connectivity index (χ1) is 28.5. The Balaban J connectivity index is 0.000000187. The molecule has 1 unspecified atom stereocenters. The van der Waals surface area contributed by atoms with Crippen molar-refractivity contribution in [1.29, 1.82) is 0 Å². The molecule has 0 amide bonds. The zero-order valence-corrected chi connectivity index (χ0v) is 38.3. The van der Waals surface area contributed by atoms with E-state index in [0.29, 0.717) is 34.4 Å². The van der Waals surface area contributed by atoms with Crippen LogP contribution in [-0.4, -0.2) is 22.6 Å². The summed E-state index contributed by atoms with van der Waals surface area (Å²) in [5.41, 5.74) is 10.7. The molecule has 4 aromatic heterocycles. The Morgan fingerprint density at radius 3 is 2.30 bits per heavy atom. The Labute approximate surface area is 364 Å². The topological polar surface area (TPSA) is 57.0 Å². The molecular formula is C52H46FIrN3O2Si-2. The summed E-state index contributed by atoms with van der Waals surface area (Å²) in [6, 6.07) is 45.9. The predicted molar refractivity (Wildman–Crippen MR) is 244 cm³/mol. The second-order valence-electron chi connectivity index (χ2n) is 17.0. The third-order valence-corrected chi connectivity index (χ3v) is 13.6. The molecule has 60 heavy (non-hydrogen) atoms. The van der Waals surface area contributed by atoms with E-state index in [1.165, 1.54) is 22.9 Å². The van der Waals surface area contributed by atoms with Gasteiger partial charge in [0.15, 0.2) is 5.58 Å². The molecule has 5 nitrogen and oxygen atoms in total. The Morgan fingerprint density at radius 2 is 1.52 bits per heavy atom. The molecule has 1 atom stereocenters. The first-order valence-corrected chi connectivity index (χ1v) is 23.8. The Hall–Kier alpha value is -5.66. The second-order valence-corrected chi connectivity index (χ2v) is 22.0. The molecule has 0 saturated carbocycles. The average Bonchev–Trinajstić information content (AvgIpc) is 3.93. The molecule has 0 N–H and O–H groups in total. The molecule has 8 heteroatoms. The van der Waals surface area contributed by atoms with E-state index in [0.717, 1.165) is 72.7 Å². The summed E-state index contributed by atoms with van der Waals surface area (Å²) in [5.74, 6) is 1.73. The van der Waals surface area contributed by atoms with Gasteiger partial charge in [-0.3, -0.25) is 4.98 Å². The fourth-order valence-corrected chi connectivity index (χ4v) is 9.68. The summed E-state index contributed by atoms with van der Waals surface area (Å²) in [7, 11) is -1.38. The van der Waals surface area contributed by atoms with Crippen LogP contribution in [0.5, 0.6) is 0 Å². The number of nitrogens with zero attached hydrogens (tertiary/aromatic N) is 3. The van der Waals surface area contributed by atoms with Crippen LogP contribution in [0.1, 0.15) is 31.9 Å². The summed E-state index contributed by atoms with van der Waals surface area (Å²) in [6.45, 7) is 16.2. The van der Waals surface area contributed by atoms with Gasteiger partial charge in [-0.2, -0.15) is 0 Å². The normalized spacial score (nSPS) is 12.3. The SMILES string of the molecule is CC(C)C(C)Cc1cc(-c2[c-]cccc2)ncc1[Si](C)(C)C.Cc1c[c-]c(-c2nc3ccccc3n2-c2cccc3c2oc2ccccc23)c2oc3cc(F)ccc3c12.[Ir]. The van der Waals surface area contributed by atoms with E-state index < -0.39 is 8.07 Å². The summed E-state index contributed by atoms with van der Waals surface area (Å²) >= 11 is 0. The van der Waals surface area contributed by atoms with E-state index in [9.17, 15) is 4.39 Å². The van der Waals surface area contributed by atoms with E-state index in [1.54, 1.807) is 6.07 Å². The van der Waals surface area contributed by atoms with Crippen LogP contribution in [0.2, 0.25) is 19.6 Å². The summed E-state index contributed by atoms with van der Waals surface area (Å²) < 4.78 is 28.8. The molecule has 0 aliphatic heterocycles. The van der Waals surface area contributed by atoms with Gasteiger partial charge in [-0.05, 0) is 65.5 Å². The number of imidazole rings is 1. The molecule has 0 saturated heterocycles. The maximum atomic E-state index is 14.1. The monoisotopic (exact) mass is 984 g/mol. The molecular weight excluding hydrogens is 938 g/mol. The van der Waals surface area contributed by atoms with E-state index in [2.05, 4.69) is 93.6 Å². The van der Waals surface area contributed by atoms with Gasteiger partial charge in [0.05, 0.1) is 36.2 Å². The molecule has 303 valence electrons. The number of rotatable bonds is 7. The molecule has 10 aromatic rings. The van der Waals surface area contributed by atoms with Crippen molar-refractivity contribution in [3.8, 4) is 28.3 Å². The standard InChI is InChI=1S/C32H18FN2O2.C20H28NSi.Ir/c1-18-13-15-23(31-29(18)22-16-14-19(33)17-28(22)37-31)32-34-24-9-3-4-10-25(24)35(32)26-11-6-8-21-20-7-2-5-12-27(20)36-30(21)26;1-15(2)16(3)12-18-13-19(17-10-8-7-9-11-17)21-14-20(18)22(4,5)6;/h2-14,16-17H,1H3;7-10,13-16H,12H2,1-6H3;/q2*-1;. The van der Waals surface area contributed by atoms with Crippen LogP contribution in [-0.2, 0) is 26.5 Å². The van der Waals surface area contributed by atoms with Crippen molar-refractivity contribution < 1.29 is 33.3 Å². The largest absolute Gasteiger partial charge is 0.500 e. The van der Waals surface area contributed by atoms with E-state index in [-0.39, 0.29) is 25.9 Å². The number of aryl methyl sites for hydroxylation is 1. The van der Waals surface area contributed by atoms with Gasteiger partial charge in [-0.15, -0.1) is 53.6 Å².